The number of halogens is 1. The fraction of sp³-hybridized carbons (Fsp3) is 0.231. The van der Waals surface area contributed by atoms with Gasteiger partial charge in [-0.05, 0) is 42.8 Å². The van der Waals surface area contributed by atoms with Crippen LogP contribution in [0, 0.1) is 5.41 Å². The van der Waals surface area contributed by atoms with E-state index in [1.165, 1.54) is 12.1 Å². The lowest BCUT2D eigenvalue weighted by Gasteiger charge is -2.06. The van der Waals surface area contributed by atoms with Crippen LogP contribution < -0.4 is 0 Å². The minimum absolute atomic E-state index is 0.0161. The van der Waals surface area contributed by atoms with Gasteiger partial charge < -0.3 is 0 Å². The Hall–Kier alpha value is -1.16. The molecule has 1 aromatic carbocycles. The predicted octanol–water partition coefficient (Wildman–Crippen LogP) is 3.67. The van der Waals surface area contributed by atoms with Crippen LogP contribution in [-0.4, -0.2) is 14.3 Å². The Balaban J connectivity index is 3.00. The summed E-state index contributed by atoms with van der Waals surface area (Å²) in [6.07, 6.45) is 0.868. The molecule has 96 valence electrons. The van der Waals surface area contributed by atoms with E-state index in [1.807, 2.05) is 6.92 Å². The van der Waals surface area contributed by atoms with E-state index in [1.54, 1.807) is 23.2 Å². The van der Waals surface area contributed by atoms with Gasteiger partial charge in [-0.15, -0.1) is 0 Å². The molecule has 1 N–H and O–H groups in total. The maximum absolute atomic E-state index is 12.2. The third-order valence-corrected chi connectivity index (χ3v) is 5.08. The van der Waals surface area contributed by atoms with Crippen LogP contribution in [0.15, 0.2) is 50.7 Å². The zero-order valence-corrected chi connectivity index (χ0v) is 12.4. The molecule has 0 unspecified atom stereocenters. The maximum atomic E-state index is 12.2. The molecule has 0 bridgehead atoms. The Morgan fingerprint density at radius 2 is 1.94 bits per heavy atom. The van der Waals surface area contributed by atoms with Crippen molar-refractivity contribution in [1.82, 2.24) is 0 Å². The minimum Gasteiger partial charge on any atom is -0.258 e. The first-order valence-corrected chi connectivity index (χ1v) is 7.77. The highest BCUT2D eigenvalue weighted by atomic mass is 79.9. The molecule has 0 saturated carbocycles. The molecule has 0 aliphatic carbocycles. The largest absolute Gasteiger partial charge is 0.258 e. The first-order chi connectivity index (χ1) is 8.52. The molecule has 0 amide bonds. The van der Waals surface area contributed by atoms with Gasteiger partial charge in [-0.3, -0.25) is 5.41 Å². The summed E-state index contributed by atoms with van der Waals surface area (Å²) in [7, 11) is -3.58. The van der Waals surface area contributed by atoms with Gasteiger partial charge in [0, 0.05) is 0 Å². The number of sulfone groups is 1. The molecule has 0 aliphatic rings. The number of nitrogens with one attached hydrogen (secondary N) is 1. The molecule has 0 fully saturated rings. The standard InChI is InChI=1S/C13H14BrNO2S/c1-11(9-14)7-8-13(10-15)18(16,17)12-5-3-2-4-6-12/h2-6,9,15H,7-8H2,1H3/b11-9-. The van der Waals surface area contributed by atoms with Crippen LogP contribution in [-0.2, 0) is 9.84 Å². The fourth-order valence-electron chi connectivity index (χ4n) is 1.37. The summed E-state index contributed by atoms with van der Waals surface area (Å²) in [4.78, 5) is 1.98. The Kier molecular flexibility index (Phi) is 5.54. The third kappa shape index (κ3) is 3.67. The van der Waals surface area contributed by atoms with Crippen molar-refractivity contribution >= 4 is 31.6 Å². The van der Waals surface area contributed by atoms with Crippen LogP contribution in [0.25, 0.3) is 0 Å². The van der Waals surface area contributed by atoms with Crippen molar-refractivity contribution in [3.05, 3.63) is 45.8 Å². The highest BCUT2D eigenvalue weighted by Crippen LogP contribution is 2.22. The van der Waals surface area contributed by atoms with Gasteiger partial charge in [0.15, 0.2) is 0 Å². The molecule has 1 aromatic rings. The van der Waals surface area contributed by atoms with Crippen LogP contribution in [0.1, 0.15) is 19.8 Å². The molecular formula is C13H14BrNO2S. The van der Waals surface area contributed by atoms with Crippen LogP contribution in [0.4, 0.5) is 0 Å². The van der Waals surface area contributed by atoms with Gasteiger partial charge in [-0.25, -0.2) is 8.42 Å². The van der Waals surface area contributed by atoms with Crippen molar-refractivity contribution in [2.45, 2.75) is 24.7 Å². The molecule has 0 aromatic heterocycles. The van der Waals surface area contributed by atoms with Crippen molar-refractivity contribution in [2.75, 3.05) is 0 Å². The lowest BCUT2D eigenvalue weighted by atomic mass is 10.2. The monoisotopic (exact) mass is 327 g/mol. The number of rotatable bonds is 5. The molecule has 3 nitrogen and oxygen atoms in total. The second kappa shape index (κ2) is 6.69. The average molecular weight is 328 g/mol. The Morgan fingerprint density at radius 1 is 1.33 bits per heavy atom. The van der Waals surface area contributed by atoms with Crippen molar-refractivity contribution in [3.63, 3.8) is 0 Å². The third-order valence-electron chi connectivity index (χ3n) is 2.45. The minimum atomic E-state index is -3.58. The lowest BCUT2D eigenvalue weighted by Crippen LogP contribution is -2.05. The van der Waals surface area contributed by atoms with Gasteiger partial charge >= 0.3 is 0 Å². The summed E-state index contributed by atoms with van der Waals surface area (Å²) in [6, 6.07) is 8.14. The van der Waals surface area contributed by atoms with Gasteiger partial charge in [0.2, 0.25) is 9.84 Å². The summed E-state index contributed by atoms with van der Waals surface area (Å²) in [5, 5.41) is 7.17. The van der Waals surface area contributed by atoms with E-state index in [0.717, 1.165) is 5.57 Å². The topological polar surface area (TPSA) is 58.0 Å². The summed E-state index contributed by atoms with van der Waals surface area (Å²) in [5.74, 6) is 2.06. The molecule has 5 heteroatoms. The van der Waals surface area contributed by atoms with Gasteiger partial charge in [0.25, 0.3) is 0 Å². The Labute approximate surface area is 116 Å². The second-order valence-corrected chi connectivity index (χ2v) is 6.25. The van der Waals surface area contributed by atoms with Crippen molar-refractivity contribution in [1.29, 1.82) is 5.41 Å². The number of benzene rings is 1. The molecule has 0 heterocycles. The molecule has 0 atom stereocenters. The summed E-state index contributed by atoms with van der Waals surface area (Å²) >= 11 is 3.19. The van der Waals surface area contributed by atoms with E-state index in [4.69, 9.17) is 5.41 Å². The molecule has 0 radical (unpaired) electrons. The van der Waals surface area contributed by atoms with Crippen LogP contribution in [0.5, 0.6) is 0 Å². The first-order valence-electron chi connectivity index (χ1n) is 5.37. The molecule has 0 spiro atoms. The average Bonchev–Trinajstić information content (AvgIpc) is 2.39. The number of allylic oxidation sites excluding steroid dienone is 2. The lowest BCUT2D eigenvalue weighted by molar-refractivity contribution is 0.600. The van der Waals surface area contributed by atoms with Gasteiger partial charge in [-0.2, -0.15) is 0 Å². The van der Waals surface area contributed by atoms with E-state index in [0.29, 0.717) is 6.42 Å². The van der Waals surface area contributed by atoms with Crippen LogP contribution >= 0.6 is 15.9 Å². The van der Waals surface area contributed by atoms with E-state index >= 15 is 0 Å². The fourth-order valence-corrected chi connectivity index (χ4v) is 2.91. The molecular weight excluding hydrogens is 314 g/mol. The zero-order chi connectivity index (χ0) is 13.6. The molecule has 1 rings (SSSR count). The van der Waals surface area contributed by atoms with Gasteiger partial charge in [0.05, 0.1) is 4.90 Å². The van der Waals surface area contributed by atoms with Crippen molar-refractivity contribution in [2.24, 2.45) is 0 Å². The number of hydrogen-bond acceptors (Lipinski definition) is 3. The SMILES string of the molecule is C/C(=C/Br)CCC(=C=N)S(=O)(=O)c1ccccc1. The van der Waals surface area contributed by atoms with E-state index in [2.05, 4.69) is 21.8 Å². The van der Waals surface area contributed by atoms with E-state index < -0.39 is 9.84 Å². The van der Waals surface area contributed by atoms with Gasteiger partial charge in [0.1, 0.15) is 4.91 Å². The summed E-state index contributed by atoms with van der Waals surface area (Å²) in [5.41, 5.74) is 1.02. The van der Waals surface area contributed by atoms with Crippen molar-refractivity contribution < 1.29 is 8.42 Å². The highest BCUT2D eigenvalue weighted by Gasteiger charge is 2.20. The van der Waals surface area contributed by atoms with E-state index in [9.17, 15) is 8.42 Å². The summed E-state index contributed by atoms with van der Waals surface area (Å²) < 4.78 is 24.4. The number of hydrogen-bond donors (Lipinski definition) is 1. The van der Waals surface area contributed by atoms with Crippen molar-refractivity contribution in [3.8, 4) is 0 Å². The Morgan fingerprint density at radius 3 is 2.44 bits per heavy atom. The zero-order valence-electron chi connectivity index (χ0n) is 9.98. The molecule has 0 aliphatic heterocycles. The van der Waals surface area contributed by atoms with Crippen LogP contribution in [0.3, 0.4) is 0 Å². The van der Waals surface area contributed by atoms with Gasteiger partial charge in [-0.1, -0.05) is 39.7 Å². The smallest absolute Gasteiger partial charge is 0.211 e. The van der Waals surface area contributed by atoms with Crippen LogP contribution in [0.2, 0.25) is 0 Å². The maximum Gasteiger partial charge on any atom is 0.211 e. The first kappa shape index (κ1) is 14.9. The summed E-state index contributed by atoms with van der Waals surface area (Å²) in [6.45, 7) is 1.89. The molecule has 0 saturated heterocycles. The molecule has 18 heavy (non-hydrogen) atoms. The normalized spacial score (nSPS) is 12.0. The second-order valence-electron chi connectivity index (χ2n) is 3.82. The van der Waals surface area contributed by atoms with E-state index in [-0.39, 0.29) is 16.2 Å². The Bertz CT molecular complexity index is 585. The highest BCUT2D eigenvalue weighted by molar-refractivity contribution is 9.11. The predicted molar refractivity (Wildman–Crippen MR) is 76.8 cm³/mol. The quantitative estimate of drug-likeness (QED) is 0.839.